The predicted molar refractivity (Wildman–Crippen MR) is 89.9 cm³/mol. The van der Waals surface area contributed by atoms with Gasteiger partial charge in [-0.15, -0.1) is 0 Å². The Bertz CT molecular complexity index is 456. The van der Waals surface area contributed by atoms with Crippen molar-refractivity contribution in [2.45, 2.75) is 58.0 Å². The van der Waals surface area contributed by atoms with E-state index in [0.717, 1.165) is 18.0 Å². The van der Waals surface area contributed by atoms with Gasteiger partial charge in [-0.2, -0.15) is 0 Å². The molecule has 2 rings (SSSR count). The van der Waals surface area contributed by atoms with Gasteiger partial charge >= 0.3 is 0 Å². The van der Waals surface area contributed by atoms with Crippen LogP contribution in [-0.4, -0.2) is 18.3 Å². The molecular formula is C17H26BrNO2. The summed E-state index contributed by atoms with van der Waals surface area (Å²) >= 11 is 3.37. The van der Waals surface area contributed by atoms with Crippen molar-refractivity contribution in [2.24, 2.45) is 5.92 Å². The Morgan fingerprint density at radius 2 is 1.95 bits per heavy atom. The average molecular weight is 356 g/mol. The van der Waals surface area contributed by atoms with Crippen LogP contribution in [0, 0.1) is 5.92 Å². The number of nitrogens with one attached hydrogen (secondary N) is 1. The van der Waals surface area contributed by atoms with E-state index in [1.807, 2.05) is 12.1 Å². The van der Waals surface area contributed by atoms with E-state index in [0.29, 0.717) is 16.3 Å². The molecule has 0 bridgehead atoms. The third kappa shape index (κ3) is 4.62. The minimum atomic E-state index is 0.165. The van der Waals surface area contributed by atoms with E-state index in [2.05, 4.69) is 28.2 Å². The molecule has 1 aromatic rings. The van der Waals surface area contributed by atoms with Crippen LogP contribution in [0.1, 0.15) is 51.0 Å². The Hall–Kier alpha value is -0.740. The number of ether oxygens (including phenoxy) is 1. The standard InChI is InChI=1S/C17H26BrNO2/c1-12(14-7-5-3-4-6-8-14)19-11-13-9-15(18)17(20)16(10-13)21-2/h9-10,12,14,19-20H,3-8,11H2,1-2H3/t12-/m1/s1. The van der Waals surface area contributed by atoms with Crippen LogP contribution in [0.3, 0.4) is 0 Å². The molecule has 118 valence electrons. The maximum atomic E-state index is 9.84. The number of methoxy groups -OCH3 is 1. The quantitative estimate of drug-likeness (QED) is 0.757. The molecule has 1 saturated carbocycles. The van der Waals surface area contributed by atoms with Crippen LogP contribution in [0.5, 0.6) is 11.5 Å². The van der Waals surface area contributed by atoms with Gasteiger partial charge in [-0.05, 0) is 59.3 Å². The van der Waals surface area contributed by atoms with Crippen molar-refractivity contribution in [1.29, 1.82) is 0 Å². The van der Waals surface area contributed by atoms with Crippen LogP contribution in [-0.2, 0) is 6.54 Å². The smallest absolute Gasteiger partial charge is 0.172 e. The summed E-state index contributed by atoms with van der Waals surface area (Å²) in [6.07, 6.45) is 8.22. The van der Waals surface area contributed by atoms with E-state index >= 15 is 0 Å². The van der Waals surface area contributed by atoms with Crippen LogP contribution in [0.4, 0.5) is 0 Å². The summed E-state index contributed by atoms with van der Waals surface area (Å²) < 4.78 is 5.88. The summed E-state index contributed by atoms with van der Waals surface area (Å²) in [4.78, 5) is 0. The van der Waals surface area contributed by atoms with E-state index in [1.54, 1.807) is 7.11 Å². The molecule has 0 spiro atoms. The highest BCUT2D eigenvalue weighted by molar-refractivity contribution is 9.10. The number of aromatic hydroxyl groups is 1. The zero-order valence-electron chi connectivity index (χ0n) is 13.0. The van der Waals surface area contributed by atoms with E-state index in [9.17, 15) is 5.11 Å². The summed E-state index contributed by atoms with van der Waals surface area (Å²) in [5, 5.41) is 13.5. The Labute approximate surface area is 136 Å². The molecule has 2 N–H and O–H groups in total. The molecular weight excluding hydrogens is 330 g/mol. The maximum absolute atomic E-state index is 9.84. The minimum absolute atomic E-state index is 0.165. The van der Waals surface area contributed by atoms with Crippen molar-refractivity contribution in [3.63, 3.8) is 0 Å². The van der Waals surface area contributed by atoms with Crippen molar-refractivity contribution in [3.05, 3.63) is 22.2 Å². The summed E-state index contributed by atoms with van der Waals surface area (Å²) in [6.45, 7) is 3.09. The molecule has 1 aliphatic rings. The number of benzene rings is 1. The topological polar surface area (TPSA) is 41.5 Å². The third-order valence-electron chi connectivity index (χ3n) is 4.54. The maximum Gasteiger partial charge on any atom is 0.172 e. The first kappa shape index (κ1) is 16.6. The van der Waals surface area contributed by atoms with Gasteiger partial charge in [-0.1, -0.05) is 25.7 Å². The Morgan fingerprint density at radius 3 is 2.57 bits per heavy atom. The van der Waals surface area contributed by atoms with Gasteiger partial charge in [-0.25, -0.2) is 0 Å². The van der Waals surface area contributed by atoms with Gasteiger partial charge in [-0.3, -0.25) is 0 Å². The highest BCUT2D eigenvalue weighted by atomic mass is 79.9. The van der Waals surface area contributed by atoms with Gasteiger partial charge < -0.3 is 15.2 Å². The minimum Gasteiger partial charge on any atom is -0.503 e. The Kier molecular flexibility index (Phi) is 6.37. The van der Waals surface area contributed by atoms with Crippen molar-refractivity contribution in [1.82, 2.24) is 5.32 Å². The van der Waals surface area contributed by atoms with Crippen LogP contribution in [0.2, 0.25) is 0 Å². The van der Waals surface area contributed by atoms with Gasteiger partial charge in [0.05, 0.1) is 11.6 Å². The van der Waals surface area contributed by atoms with Gasteiger partial charge in [0.1, 0.15) is 0 Å². The number of hydrogen-bond acceptors (Lipinski definition) is 3. The monoisotopic (exact) mass is 355 g/mol. The Balaban J connectivity index is 1.94. The number of hydrogen-bond donors (Lipinski definition) is 2. The summed E-state index contributed by atoms with van der Waals surface area (Å²) in [5.41, 5.74) is 1.12. The lowest BCUT2D eigenvalue weighted by atomic mass is 9.93. The molecule has 0 saturated heterocycles. The summed E-state index contributed by atoms with van der Waals surface area (Å²) in [5.74, 6) is 1.47. The lowest BCUT2D eigenvalue weighted by molar-refractivity contribution is 0.336. The fraction of sp³-hybridized carbons (Fsp3) is 0.647. The first-order valence-corrected chi connectivity index (χ1v) is 8.70. The first-order valence-electron chi connectivity index (χ1n) is 7.90. The fourth-order valence-corrected chi connectivity index (χ4v) is 3.63. The molecule has 1 aliphatic carbocycles. The number of halogens is 1. The van der Waals surface area contributed by atoms with Crippen molar-refractivity contribution in [3.8, 4) is 11.5 Å². The molecule has 3 nitrogen and oxygen atoms in total. The zero-order chi connectivity index (χ0) is 15.2. The molecule has 0 heterocycles. The van der Waals surface area contributed by atoms with Crippen LogP contribution < -0.4 is 10.1 Å². The lowest BCUT2D eigenvalue weighted by Crippen LogP contribution is -2.32. The molecule has 0 unspecified atom stereocenters. The van der Waals surface area contributed by atoms with Gasteiger partial charge in [0.25, 0.3) is 0 Å². The molecule has 21 heavy (non-hydrogen) atoms. The molecule has 1 atom stereocenters. The van der Waals surface area contributed by atoms with Crippen molar-refractivity contribution >= 4 is 15.9 Å². The molecule has 0 radical (unpaired) electrons. The molecule has 1 fully saturated rings. The fourth-order valence-electron chi connectivity index (χ4n) is 3.14. The zero-order valence-corrected chi connectivity index (χ0v) is 14.6. The molecule has 4 heteroatoms. The first-order chi connectivity index (χ1) is 10.1. The summed E-state index contributed by atoms with van der Waals surface area (Å²) in [7, 11) is 1.58. The third-order valence-corrected chi connectivity index (χ3v) is 5.15. The van der Waals surface area contributed by atoms with E-state index < -0.39 is 0 Å². The highest BCUT2D eigenvalue weighted by Crippen LogP contribution is 2.35. The second-order valence-corrected chi connectivity index (χ2v) is 6.90. The van der Waals surface area contributed by atoms with Gasteiger partial charge in [0, 0.05) is 12.6 Å². The molecule has 1 aromatic carbocycles. The highest BCUT2D eigenvalue weighted by Gasteiger charge is 2.18. The predicted octanol–water partition coefficient (Wildman–Crippen LogP) is 4.61. The second-order valence-electron chi connectivity index (χ2n) is 6.05. The Morgan fingerprint density at radius 1 is 1.29 bits per heavy atom. The normalized spacial score (nSPS) is 18.2. The van der Waals surface area contributed by atoms with Crippen molar-refractivity contribution < 1.29 is 9.84 Å². The van der Waals surface area contributed by atoms with E-state index in [4.69, 9.17) is 4.74 Å². The molecule has 0 aromatic heterocycles. The van der Waals surface area contributed by atoms with Crippen LogP contribution in [0.25, 0.3) is 0 Å². The van der Waals surface area contributed by atoms with Crippen molar-refractivity contribution in [2.75, 3.05) is 7.11 Å². The van der Waals surface area contributed by atoms with Crippen LogP contribution >= 0.6 is 15.9 Å². The number of rotatable bonds is 5. The SMILES string of the molecule is COc1cc(CN[C@H](C)C2CCCCCC2)cc(Br)c1O. The summed E-state index contributed by atoms with van der Waals surface area (Å²) in [6, 6.07) is 4.37. The van der Waals surface area contributed by atoms with Gasteiger partial charge in [0.2, 0.25) is 0 Å². The number of phenolic OH excluding ortho intramolecular Hbond substituents is 1. The van der Waals surface area contributed by atoms with E-state index in [-0.39, 0.29) is 5.75 Å². The van der Waals surface area contributed by atoms with E-state index in [1.165, 1.54) is 38.5 Å². The van der Waals surface area contributed by atoms with Gasteiger partial charge in [0.15, 0.2) is 11.5 Å². The largest absolute Gasteiger partial charge is 0.503 e. The lowest BCUT2D eigenvalue weighted by Gasteiger charge is -2.24. The average Bonchev–Trinajstić information content (AvgIpc) is 2.77. The molecule has 0 aliphatic heterocycles. The number of phenols is 1. The second kappa shape index (κ2) is 8.04. The molecule has 0 amide bonds. The van der Waals surface area contributed by atoms with Crippen LogP contribution in [0.15, 0.2) is 16.6 Å².